The van der Waals surface area contributed by atoms with E-state index in [1.165, 1.54) is 199 Å². The first-order valence-electron chi connectivity index (χ1n) is 39.5. The van der Waals surface area contributed by atoms with Crippen molar-refractivity contribution in [3.05, 3.63) is 97.2 Å². The van der Waals surface area contributed by atoms with Crippen LogP contribution in [0.5, 0.6) is 0 Å². The third-order valence-corrected chi connectivity index (χ3v) is 18.2. The molecule has 0 aromatic heterocycles. The van der Waals surface area contributed by atoms with Gasteiger partial charge in [0.1, 0.15) is 24.4 Å². The minimum atomic E-state index is -1.62. The lowest BCUT2D eigenvalue weighted by Gasteiger charge is -2.41. The largest absolute Gasteiger partial charge is 0.454 e. The van der Waals surface area contributed by atoms with Gasteiger partial charge in [-0.25, -0.2) is 0 Å². The van der Waals surface area contributed by atoms with Gasteiger partial charge in [-0.2, -0.15) is 0 Å². The SMILES string of the molecule is CC/C=C\C/C=C\C/C=C\C/C=C\C/C=C\C/C=C\CCCCCCCCCCC(=O)OC1C(OCC(NC(=O)C(O)CCCCCCCCCCCCCCCCCC/C=C/CCCCCCCC)C(O)/C=C/CCCCCCCCCCCC)OC(CO)C(O)C1O. The average molecular weight is 1320 g/mol. The van der Waals surface area contributed by atoms with Crippen molar-refractivity contribution in [3.8, 4) is 0 Å². The van der Waals surface area contributed by atoms with Crippen molar-refractivity contribution in [1.29, 1.82) is 0 Å². The van der Waals surface area contributed by atoms with Gasteiger partial charge in [-0.3, -0.25) is 9.59 Å². The molecule has 1 aliphatic rings. The number of carbonyl (C=O) groups excluding carboxylic acids is 2. The van der Waals surface area contributed by atoms with Crippen LogP contribution in [0.15, 0.2) is 97.2 Å². The molecule has 0 bridgehead atoms. The average Bonchev–Trinajstić information content (AvgIpc) is 0.814. The zero-order chi connectivity index (χ0) is 68.1. The molecule has 1 aliphatic heterocycles. The van der Waals surface area contributed by atoms with Crippen molar-refractivity contribution in [3.63, 3.8) is 0 Å². The summed E-state index contributed by atoms with van der Waals surface area (Å²) in [4.78, 5) is 26.8. The highest BCUT2D eigenvalue weighted by atomic mass is 16.7. The standard InChI is InChI=1S/C83H147NO10/c1-4-7-10-13-16-19-22-25-27-29-31-33-35-37-39-41-43-45-47-49-51-53-56-59-62-65-68-71-78(88)94-81-80(90)79(89)77(72-85)93-83(81)92-73-74(75(86)69-66-63-60-57-54-24-21-18-15-12-9-6-3)84-82(91)76(87)70-67-64-61-58-55-52-50-48-46-44-42-40-38-36-34-32-30-28-26-23-20-17-14-11-8-5-2/h7,10,16,19,25-28,31,33,37,39,43,45,66,69,74-77,79-81,83,85-87,89-90H,4-6,8-9,11-15,17-18,20-24,29-30,32,34-36,38,40-42,44,46-65,67-68,70-73H2,1-3H3,(H,84,91)/b10-7-,19-16-,27-25-,28-26+,33-31-,39-37-,45-43-,69-66+. The summed E-state index contributed by atoms with van der Waals surface area (Å²) in [6.45, 7) is 5.71. The molecule has 8 atom stereocenters. The summed E-state index contributed by atoms with van der Waals surface area (Å²) in [5.74, 6) is -1.20. The summed E-state index contributed by atoms with van der Waals surface area (Å²) in [6.07, 6.45) is 84.6. The first-order valence-corrected chi connectivity index (χ1v) is 39.5. The quantitative estimate of drug-likeness (QED) is 0.0195. The molecule has 6 N–H and O–H groups in total. The molecule has 11 nitrogen and oxygen atoms in total. The highest BCUT2D eigenvalue weighted by Gasteiger charge is 2.47. The van der Waals surface area contributed by atoms with Crippen molar-refractivity contribution in [2.45, 2.75) is 404 Å². The number of nitrogens with one attached hydrogen (secondary N) is 1. The van der Waals surface area contributed by atoms with Crippen LogP contribution in [0.4, 0.5) is 0 Å². The lowest BCUT2D eigenvalue weighted by Crippen LogP contribution is -2.61. The van der Waals surface area contributed by atoms with E-state index in [1.807, 2.05) is 6.08 Å². The monoisotopic (exact) mass is 1320 g/mol. The molecule has 544 valence electrons. The Bertz CT molecular complexity index is 1910. The normalized spacial score (nSPS) is 18.3. The van der Waals surface area contributed by atoms with Gasteiger partial charge in [-0.05, 0) is 103 Å². The van der Waals surface area contributed by atoms with Gasteiger partial charge < -0.3 is 45.1 Å². The Kier molecular flexibility index (Phi) is 65.5. The van der Waals surface area contributed by atoms with Gasteiger partial charge in [0.05, 0.1) is 25.4 Å². The molecule has 94 heavy (non-hydrogen) atoms. The smallest absolute Gasteiger partial charge is 0.306 e. The predicted octanol–water partition coefficient (Wildman–Crippen LogP) is 21.4. The number of amides is 1. The van der Waals surface area contributed by atoms with E-state index in [2.05, 4.69) is 111 Å². The van der Waals surface area contributed by atoms with Crippen LogP contribution in [-0.4, -0.2) is 99.6 Å². The molecule has 11 heteroatoms. The fourth-order valence-electron chi connectivity index (χ4n) is 12.1. The van der Waals surface area contributed by atoms with Crippen LogP contribution in [0.3, 0.4) is 0 Å². The molecular formula is C83H147NO10. The van der Waals surface area contributed by atoms with Crippen LogP contribution in [0.2, 0.25) is 0 Å². The van der Waals surface area contributed by atoms with Gasteiger partial charge in [-0.15, -0.1) is 0 Å². The van der Waals surface area contributed by atoms with E-state index in [0.717, 1.165) is 109 Å². The Morgan fingerprint density at radius 2 is 0.766 bits per heavy atom. The highest BCUT2D eigenvalue weighted by molar-refractivity contribution is 5.80. The van der Waals surface area contributed by atoms with Gasteiger partial charge in [0.15, 0.2) is 12.4 Å². The number of aliphatic hydroxyl groups excluding tert-OH is 5. The number of unbranched alkanes of at least 4 members (excludes halogenated alkanes) is 40. The van der Waals surface area contributed by atoms with E-state index < -0.39 is 67.4 Å². The zero-order valence-corrected chi connectivity index (χ0v) is 60.8. The molecule has 1 heterocycles. The van der Waals surface area contributed by atoms with Gasteiger partial charge in [0.2, 0.25) is 5.91 Å². The molecular weight excluding hydrogens is 1170 g/mol. The molecule has 0 saturated carbocycles. The number of ether oxygens (including phenoxy) is 3. The van der Waals surface area contributed by atoms with Crippen molar-refractivity contribution < 1.29 is 49.3 Å². The minimum absolute atomic E-state index is 0.110. The molecule has 0 aliphatic carbocycles. The van der Waals surface area contributed by atoms with E-state index in [4.69, 9.17) is 14.2 Å². The van der Waals surface area contributed by atoms with Crippen LogP contribution in [0.1, 0.15) is 355 Å². The number of carbonyl (C=O) groups is 2. The Labute approximate surface area is 577 Å². The number of aliphatic hydroxyl groups is 5. The van der Waals surface area contributed by atoms with E-state index >= 15 is 0 Å². The number of hydrogen-bond donors (Lipinski definition) is 6. The second-order valence-electron chi connectivity index (χ2n) is 27.1. The Hall–Kier alpha value is -3.42. The summed E-state index contributed by atoms with van der Waals surface area (Å²) in [5, 5.41) is 57.4. The molecule has 0 aromatic carbocycles. The summed E-state index contributed by atoms with van der Waals surface area (Å²) < 4.78 is 17.7. The Morgan fingerprint density at radius 1 is 0.426 bits per heavy atom. The number of rotatable bonds is 68. The van der Waals surface area contributed by atoms with Crippen molar-refractivity contribution in [2.75, 3.05) is 13.2 Å². The fraction of sp³-hybridized carbons (Fsp3) is 0.783. The lowest BCUT2D eigenvalue weighted by atomic mass is 9.99. The maximum atomic E-state index is 13.5. The van der Waals surface area contributed by atoms with Gasteiger partial charge >= 0.3 is 5.97 Å². The van der Waals surface area contributed by atoms with Crippen molar-refractivity contribution >= 4 is 11.9 Å². The molecule has 0 spiro atoms. The van der Waals surface area contributed by atoms with E-state index in [1.54, 1.807) is 6.08 Å². The zero-order valence-electron chi connectivity index (χ0n) is 60.8. The van der Waals surface area contributed by atoms with Crippen molar-refractivity contribution in [2.24, 2.45) is 0 Å². The molecule has 0 aromatic rings. The van der Waals surface area contributed by atoms with Crippen LogP contribution < -0.4 is 5.32 Å². The number of allylic oxidation sites excluding steroid dienone is 15. The fourth-order valence-corrected chi connectivity index (χ4v) is 12.1. The summed E-state index contributed by atoms with van der Waals surface area (Å²) in [5.41, 5.74) is 0. The third-order valence-electron chi connectivity index (χ3n) is 18.2. The van der Waals surface area contributed by atoms with E-state index in [0.29, 0.717) is 19.3 Å². The Morgan fingerprint density at radius 3 is 1.16 bits per heavy atom. The van der Waals surface area contributed by atoms with Crippen LogP contribution in [-0.2, 0) is 23.8 Å². The molecule has 0 radical (unpaired) electrons. The number of hydrogen-bond acceptors (Lipinski definition) is 10. The summed E-state index contributed by atoms with van der Waals surface area (Å²) in [6, 6.07) is -1.03. The Balaban J connectivity index is 2.51. The van der Waals surface area contributed by atoms with Crippen molar-refractivity contribution in [1.82, 2.24) is 5.32 Å². The second kappa shape index (κ2) is 69.5. The first-order chi connectivity index (χ1) is 46.2. The summed E-state index contributed by atoms with van der Waals surface area (Å²) >= 11 is 0. The second-order valence-corrected chi connectivity index (χ2v) is 27.1. The summed E-state index contributed by atoms with van der Waals surface area (Å²) in [7, 11) is 0. The molecule has 1 fully saturated rings. The van der Waals surface area contributed by atoms with Crippen LogP contribution in [0, 0.1) is 0 Å². The van der Waals surface area contributed by atoms with Gasteiger partial charge in [0, 0.05) is 6.42 Å². The van der Waals surface area contributed by atoms with Gasteiger partial charge in [-0.1, -0.05) is 343 Å². The van der Waals surface area contributed by atoms with Crippen LogP contribution in [0.25, 0.3) is 0 Å². The maximum Gasteiger partial charge on any atom is 0.306 e. The molecule has 8 unspecified atom stereocenters. The van der Waals surface area contributed by atoms with E-state index in [-0.39, 0.29) is 13.0 Å². The predicted molar refractivity (Wildman–Crippen MR) is 398 cm³/mol. The molecule has 1 amide bonds. The van der Waals surface area contributed by atoms with Crippen LogP contribution >= 0.6 is 0 Å². The highest BCUT2D eigenvalue weighted by Crippen LogP contribution is 2.27. The first kappa shape index (κ1) is 88.6. The minimum Gasteiger partial charge on any atom is -0.454 e. The molecule has 1 saturated heterocycles. The topological polar surface area (TPSA) is 175 Å². The van der Waals surface area contributed by atoms with Gasteiger partial charge in [0.25, 0.3) is 0 Å². The number of esters is 1. The lowest BCUT2D eigenvalue weighted by molar-refractivity contribution is -0.305. The third kappa shape index (κ3) is 55.6. The van der Waals surface area contributed by atoms with E-state index in [9.17, 15) is 35.1 Å². The molecule has 1 rings (SSSR count). The maximum absolute atomic E-state index is 13.5.